The van der Waals surface area contributed by atoms with E-state index in [9.17, 15) is 14.9 Å². The van der Waals surface area contributed by atoms with E-state index in [1.165, 1.54) is 18.2 Å². The van der Waals surface area contributed by atoms with Gasteiger partial charge in [-0.05, 0) is 48.7 Å². The molecular weight excluding hydrogens is 308 g/mol. The summed E-state index contributed by atoms with van der Waals surface area (Å²) in [4.78, 5) is 22.2. The molecule has 0 bridgehead atoms. The summed E-state index contributed by atoms with van der Waals surface area (Å²) in [5, 5.41) is 14.8. The number of anilines is 1. The Bertz CT molecular complexity index is 992. The maximum Gasteiger partial charge on any atom is 0.336 e. The number of hydrogen-bond donors (Lipinski definition) is 1. The van der Waals surface area contributed by atoms with Gasteiger partial charge in [-0.25, -0.2) is 4.79 Å². The quantitative estimate of drug-likeness (QED) is 0.446. The predicted octanol–water partition coefficient (Wildman–Crippen LogP) is 3.93. The standard InChI is InChI=1S/C18H16N2O4/c1-11-6-16-13(8-18(21)24-17(16)7-12(11)2)10-19-14-4-3-5-15(9-14)20(22)23/h3-9,19H,10H2,1-2H3. The summed E-state index contributed by atoms with van der Waals surface area (Å²) in [5.74, 6) is 0. The zero-order valence-electron chi connectivity index (χ0n) is 13.3. The Morgan fingerprint density at radius 1 is 1.12 bits per heavy atom. The van der Waals surface area contributed by atoms with E-state index in [0.717, 1.165) is 22.1 Å². The first-order valence-electron chi connectivity index (χ1n) is 7.46. The van der Waals surface area contributed by atoms with Crippen molar-refractivity contribution in [1.29, 1.82) is 0 Å². The molecule has 24 heavy (non-hydrogen) atoms. The Morgan fingerprint density at radius 2 is 1.88 bits per heavy atom. The van der Waals surface area contributed by atoms with E-state index in [1.54, 1.807) is 12.1 Å². The molecule has 122 valence electrons. The lowest BCUT2D eigenvalue weighted by atomic mass is 10.0. The molecule has 0 spiro atoms. The summed E-state index contributed by atoms with van der Waals surface area (Å²) in [6, 6.07) is 11.5. The number of benzene rings is 2. The van der Waals surface area contributed by atoms with Gasteiger partial charge >= 0.3 is 5.63 Å². The van der Waals surface area contributed by atoms with Crippen LogP contribution in [0.4, 0.5) is 11.4 Å². The van der Waals surface area contributed by atoms with Gasteiger partial charge in [-0.2, -0.15) is 0 Å². The number of rotatable bonds is 4. The molecular formula is C18H16N2O4. The predicted molar refractivity (Wildman–Crippen MR) is 92.4 cm³/mol. The lowest BCUT2D eigenvalue weighted by Gasteiger charge is -2.10. The molecule has 3 aromatic rings. The molecule has 1 N–H and O–H groups in total. The molecule has 6 heteroatoms. The molecule has 0 aliphatic rings. The van der Waals surface area contributed by atoms with Gasteiger partial charge in [0, 0.05) is 35.8 Å². The lowest BCUT2D eigenvalue weighted by molar-refractivity contribution is -0.384. The van der Waals surface area contributed by atoms with E-state index < -0.39 is 10.5 Å². The van der Waals surface area contributed by atoms with E-state index in [4.69, 9.17) is 4.42 Å². The Hall–Kier alpha value is -3.15. The summed E-state index contributed by atoms with van der Waals surface area (Å²) in [6.45, 7) is 4.33. The van der Waals surface area contributed by atoms with Gasteiger partial charge in [0.05, 0.1) is 4.92 Å². The molecule has 6 nitrogen and oxygen atoms in total. The third-order valence-corrected chi connectivity index (χ3v) is 3.98. The van der Waals surface area contributed by atoms with Gasteiger partial charge in [-0.15, -0.1) is 0 Å². The molecule has 0 amide bonds. The van der Waals surface area contributed by atoms with Crippen molar-refractivity contribution in [3.8, 4) is 0 Å². The van der Waals surface area contributed by atoms with Gasteiger partial charge in [-0.1, -0.05) is 6.07 Å². The molecule has 0 fully saturated rings. The molecule has 0 saturated heterocycles. The van der Waals surface area contributed by atoms with Crippen LogP contribution in [0.5, 0.6) is 0 Å². The molecule has 1 aromatic heterocycles. The van der Waals surface area contributed by atoms with Crippen molar-refractivity contribution in [2.24, 2.45) is 0 Å². The van der Waals surface area contributed by atoms with Crippen LogP contribution in [0.25, 0.3) is 11.0 Å². The molecule has 2 aromatic carbocycles. The van der Waals surface area contributed by atoms with Gasteiger partial charge in [0.1, 0.15) is 5.58 Å². The van der Waals surface area contributed by atoms with E-state index in [1.807, 2.05) is 26.0 Å². The van der Waals surface area contributed by atoms with Crippen LogP contribution in [0, 0.1) is 24.0 Å². The van der Waals surface area contributed by atoms with E-state index in [-0.39, 0.29) is 5.69 Å². The minimum absolute atomic E-state index is 0.0175. The van der Waals surface area contributed by atoms with Crippen LogP contribution in [-0.4, -0.2) is 4.92 Å². The minimum atomic E-state index is -0.441. The smallest absolute Gasteiger partial charge is 0.336 e. The molecule has 0 aliphatic carbocycles. The number of nitrogens with one attached hydrogen (secondary N) is 1. The van der Waals surface area contributed by atoms with Crippen molar-refractivity contribution in [2.45, 2.75) is 20.4 Å². The first-order chi connectivity index (χ1) is 11.4. The zero-order valence-corrected chi connectivity index (χ0v) is 13.3. The average Bonchev–Trinajstić information content (AvgIpc) is 2.54. The normalized spacial score (nSPS) is 10.8. The van der Waals surface area contributed by atoms with Crippen LogP contribution in [0.15, 0.2) is 51.7 Å². The highest BCUT2D eigenvalue weighted by Crippen LogP contribution is 2.23. The average molecular weight is 324 g/mol. The van der Waals surface area contributed by atoms with Crippen molar-refractivity contribution in [1.82, 2.24) is 0 Å². The second kappa shape index (κ2) is 6.16. The fourth-order valence-electron chi connectivity index (χ4n) is 2.56. The summed E-state index contributed by atoms with van der Waals surface area (Å²) in [7, 11) is 0. The summed E-state index contributed by atoms with van der Waals surface area (Å²) in [5.41, 5.74) is 3.71. The molecule has 0 saturated carbocycles. The minimum Gasteiger partial charge on any atom is -0.423 e. The van der Waals surface area contributed by atoms with Gasteiger partial charge in [0.15, 0.2) is 0 Å². The van der Waals surface area contributed by atoms with Crippen molar-refractivity contribution in [3.05, 3.63) is 79.7 Å². The van der Waals surface area contributed by atoms with Gasteiger partial charge in [0.25, 0.3) is 5.69 Å². The highest BCUT2D eigenvalue weighted by atomic mass is 16.6. The highest BCUT2D eigenvalue weighted by molar-refractivity contribution is 5.82. The van der Waals surface area contributed by atoms with Crippen LogP contribution < -0.4 is 10.9 Å². The summed E-state index contributed by atoms with van der Waals surface area (Å²) < 4.78 is 5.27. The fourth-order valence-corrected chi connectivity index (χ4v) is 2.56. The van der Waals surface area contributed by atoms with Crippen molar-refractivity contribution < 1.29 is 9.34 Å². The number of nitro groups is 1. The number of nitrogens with zero attached hydrogens (tertiary/aromatic N) is 1. The van der Waals surface area contributed by atoms with Crippen LogP contribution in [-0.2, 0) is 6.54 Å². The van der Waals surface area contributed by atoms with E-state index >= 15 is 0 Å². The molecule has 0 atom stereocenters. The van der Waals surface area contributed by atoms with Gasteiger partial charge in [-0.3, -0.25) is 10.1 Å². The number of hydrogen-bond acceptors (Lipinski definition) is 5. The fraction of sp³-hybridized carbons (Fsp3) is 0.167. The molecule has 0 aliphatic heterocycles. The summed E-state index contributed by atoms with van der Waals surface area (Å²) >= 11 is 0. The maximum atomic E-state index is 11.8. The highest BCUT2D eigenvalue weighted by Gasteiger charge is 2.09. The lowest BCUT2D eigenvalue weighted by Crippen LogP contribution is -2.06. The molecule has 0 unspecified atom stereocenters. The van der Waals surface area contributed by atoms with Crippen LogP contribution in [0.2, 0.25) is 0 Å². The topological polar surface area (TPSA) is 85.4 Å². The van der Waals surface area contributed by atoms with E-state index in [2.05, 4.69) is 5.32 Å². The first-order valence-corrected chi connectivity index (χ1v) is 7.46. The van der Waals surface area contributed by atoms with Crippen molar-refractivity contribution >= 4 is 22.3 Å². The first kappa shape index (κ1) is 15.7. The van der Waals surface area contributed by atoms with Crippen LogP contribution >= 0.6 is 0 Å². The Morgan fingerprint density at radius 3 is 2.62 bits per heavy atom. The number of fused-ring (bicyclic) bond motifs is 1. The Balaban J connectivity index is 1.95. The second-order valence-electron chi connectivity index (χ2n) is 5.68. The maximum absolute atomic E-state index is 11.8. The SMILES string of the molecule is Cc1cc2oc(=O)cc(CNc3cccc([N+](=O)[O-])c3)c2cc1C. The monoisotopic (exact) mass is 324 g/mol. The number of nitro benzene ring substituents is 1. The van der Waals surface area contributed by atoms with Crippen molar-refractivity contribution in [3.63, 3.8) is 0 Å². The zero-order chi connectivity index (χ0) is 17.3. The molecule has 0 radical (unpaired) electrons. The summed E-state index contributed by atoms with van der Waals surface area (Å²) in [6.07, 6.45) is 0. The van der Waals surface area contributed by atoms with Crippen LogP contribution in [0.3, 0.4) is 0 Å². The third-order valence-electron chi connectivity index (χ3n) is 3.98. The van der Waals surface area contributed by atoms with E-state index in [0.29, 0.717) is 17.8 Å². The van der Waals surface area contributed by atoms with Gasteiger partial charge < -0.3 is 9.73 Å². The van der Waals surface area contributed by atoms with Crippen molar-refractivity contribution in [2.75, 3.05) is 5.32 Å². The largest absolute Gasteiger partial charge is 0.423 e. The molecule has 3 rings (SSSR count). The number of non-ortho nitro benzene ring substituents is 1. The second-order valence-corrected chi connectivity index (χ2v) is 5.68. The Labute approximate surface area is 137 Å². The Kier molecular flexibility index (Phi) is 4.04. The third kappa shape index (κ3) is 3.12. The van der Waals surface area contributed by atoms with Crippen LogP contribution in [0.1, 0.15) is 16.7 Å². The molecule has 1 heterocycles. The number of aryl methyl sites for hydroxylation is 2. The van der Waals surface area contributed by atoms with Gasteiger partial charge in [0.2, 0.25) is 0 Å².